The van der Waals surface area contributed by atoms with Gasteiger partial charge >= 0.3 is 0 Å². The standard InChI is InChI=1S/C15H19N3O3/c1-4-7-20-14-13(16)15(18-9-17-14)21-11-6-5-10(2)8-12(11)19-3/h5-6,8-9H,4,7,16H2,1-3H3. The van der Waals surface area contributed by atoms with Gasteiger partial charge in [0.05, 0.1) is 13.7 Å². The van der Waals surface area contributed by atoms with Crippen molar-refractivity contribution in [1.29, 1.82) is 0 Å². The van der Waals surface area contributed by atoms with Gasteiger partial charge in [-0.2, -0.15) is 9.97 Å². The third-order valence-electron chi connectivity index (χ3n) is 2.78. The van der Waals surface area contributed by atoms with Crippen LogP contribution in [0.5, 0.6) is 23.3 Å². The largest absolute Gasteiger partial charge is 0.493 e. The number of anilines is 1. The van der Waals surface area contributed by atoms with Crippen molar-refractivity contribution in [3.05, 3.63) is 30.1 Å². The Morgan fingerprint density at radius 1 is 1.14 bits per heavy atom. The molecule has 0 radical (unpaired) electrons. The summed E-state index contributed by atoms with van der Waals surface area (Å²) in [6, 6.07) is 5.60. The first kappa shape index (κ1) is 14.9. The second kappa shape index (κ2) is 6.78. The highest BCUT2D eigenvalue weighted by atomic mass is 16.5. The van der Waals surface area contributed by atoms with Gasteiger partial charge in [-0.3, -0.25) is 0 Å². The Kier molecular flexibility index (Phi) is 4.81. The minimum atomic E-state index is 0.248. The molecule has 1 heterocycles. The molecule has 0 aliphatic heterocycles. The molecule has 0 bridgehead atoms. The highest BCUT2D eigenvalue weighted by Crippen LogP contribution is 2.35. The van der Waals surface area contributed by atoms with E-state index in [-0.39, 0.29) is 11.6 Å². The van der Waals surface area contributed by atoms with Gasteiger partial charge < -0.3 is 19.9 Å². The van der Waals surface area contributed by atoms with Crippen molar-refractivity contribution < 1.29 is 14.2 Å². The van der Waals surface area contributed by atoms with E-state index in [9.17, 15) is 0 Å². The molecule has 6 nitrogen and oxygen atoms in total. The number of hydrogen-bond donors (Lipinski definition) is 1. The summed E-state index contributed by atoms with van der Waals surface area (Å²) >= 11 is 0. The van der Waals surface area contributed by atoms with Crippen LogP contribution in [0.2, 0.25) is 0 Å². The first-order valence-electron chi connectivity index (χ1n) is 6.71. The van der Waals surface area contributed by atoms with Crippen LogP contribution in [0.15, 0.2) is 24.5 Å². The number of ether oxygens (including phenoxy) is 3. The Hall–Kier alpha value is -2.50. The van der Waals surface area contributed by atoms with Crippen LogP contribution >= 0.6 is 0 Å². The number of nitrogens with zero attached hydrogens (tertiary/aromatic N) is 2. The molecule has 2 N–H and O–H groups in total. The molecule has 0 fully saturated rings. The lowest BCUT2D eigenvalue weighted by Gasteiger charge is -2.13. The summed E-state index contributed by atoms with van der Waals surface area (Å²) < 4.78 is 16.5. The predicted molar refractivity (Wildman–Crippen MR) is 80.0 cm³/mol. The molecule has 2 rings (SSSR count). The molecule has 6 heteroatoms. The zero-order chi connectivity index (χ0) is 15.2. The Morgan fingerprint density at radius 2 is 1.90 bits per heavy atom. The number of benzene rings is 1. The monoisotopic (exact) mass is 289 g/mol. The second-order valence-electron chi connectivity index (χ2n) is 4.50. The van der Waals surface area contributed by atoms with E-state index in [0.717, 1.165) is 12.0 Å². The van der Waals surface area contributed by atoms with E-state index in [2.05, 4.69) is 9.97 Å². The maximum absolute atomic E-state index is 5.98. The summed E-state index contributed by atoms with van der Waals surface area (Å²) in [4.78, 5) is 8.05. The lowest BCUT2D eigenvalue weighted by atomic mass is 10.2. The normalized spacial score (nSPS) is 10.2. The lowest BCUT2D eigenvalue weighted by molar-refractivity contribution is 0.304. The maximum atomic E-state index is 5.98. The molecular weight excluding hydrogens is 270 g/mol. The van der Waals surface area contributed by atoms with Gasteiger partial charge in [0.2, 0.25) is 11.8 Å². The van der Waals surface area contributed by atoms with E-state index in [0.29, 0.717) is 24.0 Å². The maximum Gasteiger partial charge on any atom is 0.250 e. The van der Waals surface area contributed by atoms with Crippen molar-refractivity contribution >= 4 is 5.69 Å². The van der Waals surface area contributed by atoms with E-state index < -0.39 is 0 Å². The number of rotatable bonds is 6. The van der Waals surface area contributed by atoms with E-state index in [1.165, 1.54) is 6.33 Å². The highest BCUT2D eigenvalue weighted by Gasteiger charge is 2.13. The summed E-state index contributed by atoms with van der Waals surface area (Å²) in [5.41, 5.74) is 7.32. The minimum Gasteiger partial charge on any atom is -0.493 e. The molecule has 1 aromatic carbocycles. The number of nitrogens with two attached hydrogens (primary N) is 1. The Balaban J connectivity index is 2.27. The minimum absolute atomic E-state index is 0.248. The summed E-state index contributed by atoms with van der Waals surface area (Å²) in [5.74, 6) is 1.73. The van der Waals surface area contributed by atoms with E-state index in [1.54, 1.807) is 7.11 Å². The second-order valence-corrected chi connectivity index (χ2v) is 4.50. The quantitative estimate of drug-likeness (QED) is 0.880. The van der Waals surface area contributed by atoms with Crippen LogP contribution in [0.25, 0.3) is 0 Å². The summed E-state index contributed by atoms with van der Waals surface area (Å²) in [6.45, 7) is 4.52. The molecule has 0 aliphatic rings. The van der Waals surface area contributed by atoms with Gasteiger partial charge in [0.1, 0.15) is 6.33 Å². The molecule has 0 aliphatic carbocycles. The molecule has 21 heavy (non-hydrogen) atoms. The average molecular weight is 289 g/mol. The van der Waals surface area contributed by atoms with Crippen molar-refractivity contribution in [2.45, 2.75) is 20.3 Å². The fraction of sp³-hybridized carbons (Fsp3) is 0.333. The van der Waals surface area contributed by atoms with Crippen LogP contribution in [-0.4, -0.2) is 23.7 Å². The van der Waals surface area contributed by atoms with Crippen molar-refractivity contribution in [2.24, 2.45) is 0 Å². The van der Waals surface area contributed by atoms with Crippen LogP contribution < -0.4 is 19.9 Å². The molecule has 0 unspecified atom stereocenters. The molecular formula is C15H19N3O3. The molecule has 0 atom stereocenters. The molecule has 0 amide bonds. The van der Waals surface area contributed by atoms with Gasteiger partial charge in [-0.25, -0.2) is 0 Å². The van der Waals surface area contributed by atoms with Crippen LogP contribution in [0, 0.1) is 6.92 Å². The van der Waals surface area contributed by atoms with Gasteiger partial charge in [-0.15, -0.1) is 0 Å². The van der Waals surface area contributed by atoms with Crippen molar-refractivity contribution in [3.63, 3.8) is 0 Å². The smallest absolute Gasteiger partial charge is 0.250 e. The van der Waals surface area contributed by atoms with E-state index >= 15 is 0 Å². The van der Waals surface area contributed by atoms with E-state index in [4.69, 9.17) is 19.9 Å². The Labute approximate surface area is 123 Å². The van der Waals surface area contributed by atoms with Crippen LogP contribution in [-0.2, 0) is 0 Å². The van der Waals surface area contributed by atoms with Gasteiger partial charge in [0, 0.05) is 0 Å². The fourth-order valence-electron chi connectivity index (χ4n) is 1.72. The molecule has 2 aromatic rings. The number of aromatic nitrogens is 2. The molecule has 0 saturated carbocycles. The van der Waals surface area contributed by atoms with Gasteiger partial charge in [0.15, 0.2) is 17.2 Å². The summed E-state index contributed by atoms with van der Waals surface area (Å²) in [6.07, 6.45) is 2.22. The Morgan fingerprint density at radius 3 is 2.62 bits per heavy atom. The highest BCUT2D eigenvalue weighted by molar-refractivity contribution is 5.57. The predicted octanol–water partition coefficient (Wildman–Crippen LogP) is 2.96. The lowest BCUT2D eigenvalue weighted by Crippen LogP contribution is -2.04. The molecule has 112 valence electrons. The van der Waals surface area contributed by atoms with Gasteiger partial charge in [-0.1, -0.05) is 13.0 Å². The van der Waals surface area contributed by atoms with E-state index in [1.807, 2.05) is 32.0 Å². The zero-order valence-electron chi connectivity index (χ0n) is 12.4. The van der Waals surface area contributed by atoms with Crippen LogP contribution in [0.4, 0.5) is 5.69 Å². The van der Waals surface area contributed by atoms with Crippen LogP contribution in [0.3, 0.4) is 0 Å². The third-order valence-corrected chi connectivity index (χ3v) is 2.78. The zero-order valence-corrected chi connectivity index (χ0v) is 12.4. The van der Waals surface area contributed by atoms with Gasteiger partial charge in [-0.05, 0) is 31.0 Å². The molecule has 0 saturated heterocycles. The fourth-order valence-corrected chi connectivity index (χ4v) is 1.72. The van der Waals surface area contributed by atoms with Crippen molar-refractivity contribution in [2.75, 3.05) is 19.5 Å². The first-order chi connectivity index (χ1) is 10.2. The van der Waals surface area contributed by atoms with Gasteiger partial charge in [0.25, 0.3) is 0 Å². The first-order valence-corrected chi connectivity index (χ1v) is 6.71. The average Bonchev–Trinajstić information content (AvgIpc) is 2.49. The summed E-state index contributed by atoms with van der Waals surface area (Å²) in [5, 5.41) is 0. The molecule has 0 spiro atoms. The topological polar surface area (TPSA) is 79.5 Å². The van der Waals surface area contributed by atoms with Crippen molar-refractivity contribution in [3.8, 4) is 23.3 Å². The Bertz CT molecular complexity index is 617. The molecule has 1 aromatic heterocycles. The number of aryl methyl sites for hydroxylation is 1. The summed E-state index contributed by atoms with van der Waals surface area (Å²) in [7, 11) is 1.58. The third kappa shape index (κ3) is 3.53. The SMILES string of the molecule is CCCOc1ncnc(Oc2ccc(C)cc2OC)c1N. The van der Waals surface area contributed by atoms with Crippen molar-refractivity contribution in [1.82, 2.24) is 9.97 Å². The van der Waals surface area contributed by atoms with Crippen LogP contribution in [0.1, 0.15) is 18.9 Å². The number of methoxy groups -OCH3 is 1. The number of hydrogen-bond acceptors (Lipinski definition) is 6. The number of nitrogen functional groups attached to an aromatic ring is 1.